The minimum Gasteiger partial charge on any atom is -0.508 e. The van der Waals surface area contributed by atoms with Crippen LogP contribution in [0, 0.1) is 5.92 Å². The topological polar surface area (TPSA) is 153 Å². The second kappa shape index (κ2) is 15.7. The third-order valence-corrected chi connectivity index (χ3v) is 8.85. The number of benzene rings is 3. The SMILES string of the molecule is CC(C)Cc1cc(-c2oc3cc(O)cc(OC(CO)CCCO)c3c(=O)c2O)cc(Cc2cccc(CNC3CCCCC3)c2)c1O. The summed E-state index contributed by atoms with van der Waals surface area (Å²) in [6.07, 6.45) is 7.19. The van der Waals surface area contributed by atoms with Crippen molar-refractivity contribution in [3.63, 3.8) is 0 Å². The Hall–Kier alpha value is -4.05. The Balaban J connectivity index is 1.51. The molecule has 5 rings (SSSR count). The van der Waals surface area contributed by atoms with Gasteiger partial charge in [0.15, 0.2) is 5.76 Å². The Morgan fingerprint density at radius 1 is 0.936 bits per heavy atom. The highest BCUT2D eigenvalue weighted by Crippen LogP contribution is 2.39. The van der Waals surface area contributed by atoms with Crippen LogP contribution in [0.15, 0.2) is 57.7 Å². The number of fused-ring (bicyclic) bond motifs is 1. The Bertz CT molecular complexity index is 1720. The minimum atomic E-state index is -0.756. The number of hydrogen-bond donors (Lipinski definition) is 6. The molecule has 1 aliphatic carbocycles. The smallest absolute Gasteiger partial charge is 0.238 e. The lowest BCUT2D eigenvalue weighted by Gasteiger charge is -2.23. The first-order valence-electron chi connectivity index (χ1n) is 16.7. The van der Waals surface area contributed by atoms with E-state index in [0.29, 0.717) is 48.4 Å². The monoisotopic (exact) mass is 645 g/mol. The van der Waals surface area contributed by atoms with Crippen LogP contribution in [0.5, 0.6) is 23.0 Å². The van der Waals surface area contributed by atoms with Crippen molar-refractivity contribution in [3.05, 3.63) is 81.0 Å². The maximum absolute atomic E-state index is 13.6. The highest BCUT2D eigenvalue weighted by atomic mass is 16.5. The van der Waals surface area contributed by atoms with Crippen LogP contribution in [-0.2, 0) is 19.4 Å². The number of aromatic hydroxyl groups is 3. The van der Waals surface area contributed by atoms with Crippen LogP contribution in [-0.4, -0.2) is 50.9 Å². The molecule has 1 aliphatic rings. The van der Waals surface area contributed by atoms with Crippen molar-refractivity contribution >= 4 is 11.0 Å². The van der Waals surface area contributed by atoms with E-state index >= 15 is 0 Å². The third kappa shape index (κ3) is 8.46. The summed E-state index contributed by atoms with van der Waals surface area (Å²) >= 11 is 0. The number of phenols is 2. The van der Waals surface area contributed by atoms with E-state index in [1.807, 2.05) is 26.0 Å². The molecule has 0 spiro atoms. The standard InChI is InChI=1S/C38H47NO8/c1-23(2)14-26-17-28(18-27(35(26)43)16-24-8-6-9-25(15-24)21-39-29-10-4-3-5-11-29)38-37(45)36(44)34-32(19-30(42)20-33(34)47-38)46-31(22-41)12-7-13-40/h6,8-9,15,17-20,23,29,31,39-43,45H,3-5,7,10-14,16,21-22H2,1-2H3. The second-order valence-electron chi connectivity index (χ2n) is 13.2. The first-order valence-corrected chi connectivity index (χ1v) is 16.7. The molecule has 0 radical (unpaired) electrons. The van der Waals surface area contributed by atoms with Crippen molar-refractivity contribution < 1.29 is 34.7 Å². The van der Waals surface area contributed by atoms with Crippen molar-refractivity contribution in [1.29, 1.82) is 0 Å². The van der Waals surface area contributed by atoms with Crippen LogP contribution < -0.4 is 15.5 Å². The summed E-state index contributed by atoms with van der Waals surface area (Å²) in [5.41, 5.74) is 3.14. The average Bonchev–Trinajstić information content (AvgIpc) is 3.05. The number of phenolic OH excluding ortho intramolecular Hbond substituents is 2. The molecule has 1 saturated carbocycles. The van der Waals surface area contributed by atoms with Crippen LogP contribution in [0.4, 0.5) is 0 Å². The van der Waals surface area contributed by atoms with Crippen LogP contribution in [0.3, 0.4) is 0 Å². The van der Waals surface area contributed by atoms with Crippen LogP contribution in [0.1, 0.15) is 81.0 Å². The highest BCUT2D eigenvalue weighted by Gasteiger charge is 2.23. The van der Waals surface area contributed by atoms with E-state index in [4.69, 9.17) is 9.15 Å². The van der Waals surface area contributed by atoms with Gasteiger partial charge in [-0.1, -0.05) is 57.4 Å². The number of ether oxygens (including phenoxy) is 1. The molecule has 3 aromatic carbocycles. The van der Waals surface area contributed by atoms with Gasteiger partial charge in [-0.2, -0.15) is 0 Å². The minimum absolute atomic E-state index is 0.00477. The number of aliphatic hydroxyl groups is 2. The van der Waals surface area contributed by atoms with Gasteiger partial charge in [0.25, 0.3) is 0 Å². The van der Waals surface area contributed by atoms with Gasteiger partial charge in [-0.15, -0.1) is 0 Å². The van der Waals surface area contributed by atoms with Gasteiger partial charge in [-0.3, -0.25) is 4.79 Å². The largest absolute Gasteiger partial charge is 0.508 e. The summed E-state index contributed by atoms with van der Waals surface area (Å²) in [5, 5.41) is 55.7. The van der Waals surface area contributed by atoms with Crippen molar-refractivity contribution in [1.82, 2.24) is 5.32 Å². The summed E-state index contributed by atoms with van der Waals surface area (Å²) in [4.78, 5) is 13.6. The van der Waals surface area contributed by atoms with Crippen molar-refractivity contribution in [3.8, 4) is 34.3 Å². The molecule has 1 fully saturated rings. The molecule has 0 amide bonds. The molecule has 0 aliphatic heterocycles. The first kappa shape index (κ1) is 34.3. The van der Waals surface area contributed by atoms with Gasteiger partial charge in [0.1, 0.15) is 34.3 Å². The molecule has 9 heteroatoms. The molecule has 0 bridgehead atoms. The summed E-state index contributed by atoms with van der Waals surface area (Å²) in [6.45, 7) is 4.41. The molecule has 9 nitrogen and oxygen atoms in total. The number of hydrogen-bond acceptors (Lipinski definition) is 9. The maximum atomic E-state index is 13.6. The Morgan fingerprint density at radius 2 is 1.68 bits per heavy atom. The summed E-state index contributed by atoms with van der Waals surface area (Å²) in [7, 11) is 0. The van der Waals surface area contributed by atoms with E-state index in [1.54, 1.807) is 12.1 Å². The van der Waals surface area contributed by atoms with Crippen LogP contribution in [0.2, 0.25) is 0 Å². The number of aliphatic hydroxyl groups excluding tert-OH is 2. The molecule has 1 atom stereocenters. The molecule has 1 unspecified atom stereocenters. The zero-order valence-corrected chi connectivity index (χ0v) is 27.3. The second-order valence-corrected chi connectivity index (χ2v) is 13.2. The van der Waals surface area contributed by atoms with Crippen molar-refractivity contribution in [2.24, 2.45) is 5.92 Å². The number of nitrogens with one attached hydrogen (secondary N) is 1. The fraction of sp³-hybridized carbons (Fsp3) is 0.447. The Labute approximate surface area is 275 Å². The summed E-state index contributed by atoms with van der Waals surface area (Å²) < 4.78 is 11.9. The summed E-state index contributed by atoms with van der Waals surface area (Å²) in [5.74, 6) is -0.603. The van der Waals surface area contributed by atoms with E-state index in [2.05, 4.69) is 17.4 Å². The van der Waals surface area contributed by atoms with Crippen LogP contribution >= 0.6 is 0 Å². The van der Waals surface area contributed by atoms with Crippen molar-refractivity contribution in [2.75, 3.05) is 13.2 Å². The van der Waals surface area contributed by atoms with Gasteiger partial charge >= 0.3 is 0 Å². The van der Waals surface area contributed by atoms with E-state index in [0.717, 1.165) is 12.1 Å². The normalized spacial score (nSPS) is 14.6. The molecular formula is C38H47NO8. The van der Waals surface area contributed by atoms with E-state index in [-0.39, 0.29) is 53.1 Å². The lowest BCUT2D eigenvalue weighted by atomic mass is 9.92. The Kier molecular flexibility index (Phi) is 11.4. The van der Waals surface area contributed by atoms with Gasteiger partial charge in [0.05, 0.1) is 6.61 Å². The molecule has 1 aromatic heterocycles. The van der Waals surface area contributed by atoms with E-state index in [1.165, 1.54) is 49.8 Å². The molecular weight excluding hydrogens is 598 g/mol. The zero-order chi connectivity index (χ0) is 33.5. The summed E-state index contributed by atoms with van der Waals surface area (Å²) in [6, 6.07) is 14.8. The predicted octanol–water partition coefficient (Wildman–Crippen LogP) is 6.30. The predicted molar refractivity (Wildman–Crippen MR) is 182 cm³/mol. The fourth-order valence-corrected chi connectivity index (χ4v) is 6.49. The van der Waals surface area contributed by atoms with Gasteiger partial charge in [-0.05, 0) is 72.4 Å². The van der Waals surface area contributed by atoms with Gasteiger partial charge < -0.3 is 40.0 Å². The van der Waals surface area contributed by atoms with E-state index in [9.17, 15) is 30.3 Å². The number of rotatable bonds is 14. The highest BCUT2D eigenvalue weighted by molar-refractivity contribution is 5.88. The quantitative estimate of drug-likeness (QED) is 0.0928. The van der Waals surface area contributed by atoms with E-state index < -0.39 is 17.3 Å². The van der Waals surface area contributed by atoms with Crippen LogP contribution in [0.25, 0.3) is 22.3 Å². The molecule has 6 N–H and O–H groups in total. The van der Waals surface area contributed by atoms with Gasteiger partial charge in [-0.25, -0.2) is 0 Å². The molecule has 0 saturated heterocycles. The van der Waals surface area contributed by atoms with Gasteiger partial charge in [0, 0.05) is 43.3 Å². The first-order chi connectivity index (χ1) is 22.7. The lowest BCUT2D eigenvalue weighted by Crippen LogP contribution is -2.30. The third-order valence-electron chi connectivity index (χ3n) is 8.85. The zero-order valence-electron chi connectivity index (χ0n) is 27.3. The fourth-order valence-electron chi connectivity index (χ4n) is 6.49. The molecule has 4 aromatic rings. The average molecular weight is 646 g/mol. The maximum Gasteiger partial charge on any atom is 0.238 e. The Morgan fingerprint density at radius 3 is 2.40 bits per heavy atom. The molecule has 47 heavy (non-hydrogen) atoms. The van der Waals surface area contributed by atoms with Gasteiger partial charge in [0.2, 0.25) is 11.2 Å². The molecule has 252 valence electrons. The lowest BCUT2D eigenvalue weighted by molar-refractivity contribution is 0.102. The van der Waals surface area contributed by atoms with Crippen molar-refractivity contribution in [2.45, 2.75) is 90.3 Å². The molecule has 1 heterocycles.